The van der Waals surface area contributed by atoms with Crippen LogP contribution in [0.1, 0.15) is 191 Å². The van der Waals surface area contributed by atoms with Crippen LogP contribution in [0.15, 0.2) is 267 Å². The fourth-order valence-corrected chi connectivity index (χ4v) is 16.8. The van der Waals surface area contributed by atoms with E-state index in [1.807, 2.05) is 0 Å². The van der Waals surface area contributed by atoms with Crippen molar-refractivity contribution in [1.82, 2.24) is 0 Å². The van der Waals surface area contributed by atoms with E-state index in [0.29, 0.717) is 0 Å². The molecule has 0 aromatic heterocycles. The Hall–Kier alpha value is -9.88. The van der Waals surface area contributed by atoms with Crippen molar-refractivity contribution in [3.05, 3.63) is 334 Å². The minimum Gasteiger partial charge on any atom is -0.0616 e. The van der Waals surface area contributed by atoms with Crippen molar-refractivity contribution >= 4 is 108 Å². The van der Waals surface area contributed by atoms with E-state index in [-0.39, 0.29) is 32.5 Å². The van der Waals surface area contributed by atoms with E-state index >= 15 is 0 Å². The summed E-state index contributed by atoms with van der Waals surface area (Å²) in [5, 5.41) is 27.1. The molecule has 0 unspecified atom stereocenters. The van der Waals surface area contributed by atoms with Crippen LogP contribution in [0, 0.1) is 41.5 Å². The van der Waals surface area contributed by atoms with Crippen molar-refractivity contribution in [3.63, 3.8) is 0 Å². The molecule has 0 heteroatoms. The van der Waals surface area contributed by atoms with Gasteiger partial charge in [-0.25, -0.2) is 0 Å². The van der Waals surface area contributed by atoms with Crippen molar-refractivity contribution in [2.24, 2.45) is 0 Å². The Morgan fingerprint density at radius 3 is 0.943 bits per heavy atom. The molecule has 16 aromatic carbocycles. The molecule has 0 heterocycles. The van der Waals surface area contributed by atoms with Crippen molar-refractivity contribution in [2.75, 3.05) is 0 Å². The second-order valence-corrected chi connectivity index (χ2v) is 36.0. The molecule has 0 bridgehead atoms. The van der Waals surface area contributed by atoms with E-state index in [2.05, 4.69) is 433 Å². The van der Waals surface area contributed by atoms with E-state index in [0.717, 1.165) is 0 Å². The fourth-order valence-electron chi connectivity index (χ4n) is 16.8. The van der Waals surface area contributed by atoms with Gasteiger partial charge in [0.25, 0.3) is 0 Å². The number of rotatable bonds is 0. The molecular weight excluding hydrogens is 1270 g/mol. The van der Waals surface area contributed by atoms with Crippen LogP contribution in [-0.4, -0.2) is 0 Å². The van der Waals surface area contributed by atoms with E-state index in [4.69, 9.17) is 0 Å². The average Bonchev–Trinajstić information content (AvgIpc) is 0.760. The maximum Gasteiger partial charge on any atom is -0.00732 e. The summed E-state index contributed by atoms with van der Waals surface area (Å²) in [5.41, 5.74) is 18.3. The molecule has 16 rings (SSSR count). The zero-order chi connectivity index (χ0) is 76.6. The summed E-state index contributed by atoms with van der Waals surface area (Å²) in [6.45, 7) is 54.5. The molecule has 0 amide bonds. The number of hydrogen-bond acceptors (Lipinski definition) is 0. The van der Waals surface area contributed by atoms with E-state index in [1.54, 1.807) is 0 Å². The molecule has 540 valence electrons. The molecule has 0 spiro atoms. The van der Waals surface area contributed by atoms with Crippen LogP contribution < -0.4 is 0 Å². The van der Waals surface area contributed by atoms with Crippen LogP contribution in [0.5, 0.6) is 0 Å². The number of fused-ring (bicyclic) bond motifs is 14. The van der Waals surface area contributed by atoms with Gasteiger partial charge >= 0.3 is 0 Å². The molecule has 0 nitrogen and oxygen atoms in total. The van der Waals surface area contributed by atoms with Gasteiger partial charge in [0.2, 0.25) is 0 Å². The normalized spacial score (nSPS) is 12.2. The molecule has 16 aromatic rings. The predicted molar refractivity (Wildman–Crippen MR) is 474 cm³/mol. The van der Waals surface area contributed by atoms with Crippen LogP contribution in [0.2, 0.25) is 0 Å². The molecule has 0 aliphatic heterocycles. The monoisotopic (exact) mass is 1390 g/mol. The summed E-state index contributed by atoms with van der Waals surface area (Å²) in [4.78, 5) is 0. The molecule has 0 atom stereocenters. The van der Waals surface area contributed by atoms with Gasteiger partial charge in [-0.3, -0.25) is 0 Å². The van der Waals surface area contributed by atoms with Gasteiger partial charge in [-0.05, 0) is 255 Å². The third-order valence-corrected chi connectivity index (χ3v) is 21.7. The van der Waals surface area contributed by atoms with E-state index in [1.165, 1.54) is 174 Å². The van der Waals surface area contributed by atoms with Gasteiger partial charge in [0.1, 0.15) is 0 Å². The van der Waals surface area contributed by atoms with Gasteiger partial charge in [0, 0.05) is 0 Å². The minimum atomic E-state index is 0.160. The molecular formula is C106H116. The third kappa shape index (κ3) is 16.7. The topological polar surface area (TPSA) is 0 Å². The minimum absolute atomic E-state index is 0.160. The summed E-state index contributed by atoms with van der Waals surface area (Å²) in [7, 11) is 0. The van der Waals surface area contributed by atoms with Crippen molar-refractivity contribution < 1.29 is 0 Å². The van der Waals surface area contributed by atoms with Gasteiger partial charge in [-0.15, -0.1) is 0 Å². The lowest BCUT2D eigenvalue weighted by molar-refractivity contribution is 0.587. The lowest BCUT2D eigenvalue weighted by atomic mass is 9.79. The molecule has 106 heavy (non-hydrogen) atoms. The highest BCUT2D eigenvalue weighted by atomic mass is 14.3. The molecule has 0 radical (unpaired) electrons. The first-order chi connectivity index (χ1) is 49.9. The molecule has 0 N–H and O–H groups in total. The maximum absolute atomic E-state index is 2.38. The summed E-state index contributed by atoms with van der Waals surface area (Å²) in [5.74, 6) is 0. The average molecular weight is 1390 g/mol. The highest BCUT2D eigenvalue weighted by molar-refractivity contribution is 6.13. The van der Waals surface area contributed by atoms with Crippen LogP contribution in [0.25, 0.3) is 108 Å². The zero-order valence-corrected chi connectivity index (χ0v) is 68.4. The smallest absolute Gasteiger partial charge is 0.00732 e. The van der Waals surface area contributed by atoms with Crippen molar-refractivity contribution in [1.29, 1.82) is 0 Å². The van der Waals surface area contributed by atoms with Crippen LogP contribution in [0.3, 0.4) is 0 Å². The first kappa shape index (κ1) is 77.2. The standard InChI is InChI=1S/4C19H20.2C15H18/c1-13-14-9-5-6-10-15(14)16-11-7-8-12-17(16)18(13)19(2,3)4;1-13-11-15-10-9-14-7-5-6-8-16(14)17(15)12-18(13)19(2,3)4;1-13-15-10-9-14-7-5-6-8-16(14)17(15)11-12-18(13)19(2,3)4;1-13-17(19(2,3)4)12-11-15-10-9-14-7-5-6-8-16(14)18(13)15;1-11-9-12-7-5-6-8-13(12)10-14(11)15(2,3)4;1-11-13-8-6-5-7-12(13)9-10-14(11)15(2,3)4/h4*5-12H,1-4H3;2*5-10H,1-4H3. The Morgan fingerprint density at radius 1 is 0.160 bits per heavy atom. The van der Waals surface area contributed by atoms with Gasteiger partial charge in [0.05, 0.1) is 0 Å². The zero-order valence-electron chi connectivity index (χ0n) is 68.4. The fraction of sp³-hybridized carbons (Fsp3) is 0.283. The van der Waals surface area contributed by atoms with E-state index in [9.17, 15) is 0 Å². The number of aryl methyl sites for hydroxylation is 6. The largest absolute Gasteiger partial charge is 0.0616 e. The highest BCUT2D eigenvalue weighted by Crippen LogP contribution is 2.41. The van der Waals surface area contributed by atoms with Gasteiger partial charge < -0.3 is 0 Å². The third-order valence-electron chi connectivity index (χ3n) is 21.7. The summed E-state index contributed by atoms with van der Waals surface area (Å²) >= 11 is 0. The first-order valence-corrected chi connectivity index (χ1v) is 38.6. The Morgan fingerprint density at radius 2 is 0.443 bits per heavy atom. The molecule has 0 saturated carbocycles. The van der Waals surface area contributed by atoms with Gasteiger partial charge in [-0.1, -0.05) is 385 Å². The lowest BCUT2D eigenvalue weighted by Gasteiger charge is -2.25. The summed E-state index contributed by atoms with van der Waals surface area (Å²) in [6.07, 6.45) is 0. The Labute approximate surface area is 636 Å². The lowest BCUT2D eigenvalue weighted by Crippen LogP contribution is -2.14. The maximum atomic E-state index is 2.38. The predicted octanol–water partition coefficient (Wildman–Crippen LogP) is 31.3. The molecule has 0 fully saturated rings. The Bertz CT molecular complexity index is 5840. The van der Waals surface area contributed by atoms with Crippen molar-refractivity contribution in [3.8, 4) is 0 Å². The van der Waals surface area contributed by atoms with Crippen molar-refractivity contribution in [2.45, 2.75) is 199 Å². The van der Waals surface area contributed by atoms with Crippen LogP contribution in [-0.2, 0) is 32.5 Å². The van der Waals surface area contributed by atoms with E-state index < -0.39 is 0 Å². The number of hydrogen-bond donors (Lipinski definition) is 0. The summed E-state index contributed by atoms with van der Waals surface area (Å²) < 4.78 is 0. The van der Waals surface area contributed by atoms with Gasteiger partial charge in [0.15, 0.2) is 0 Å². The second kappa shape index (κ2) is 30.5. The SMILES string of the molecule is Cc1c(C(C)(C)C)c2ccccc2c2ccccc12.Cc1c(C(C)(C)C)ccc2c1ccc1ccccc12.Cc1c(C(C)(C)C)ccc2ccc3ccccc3c12.Cc1c(C(C)(C)C)ccc2ccccc12.Cc1cc2ccc3ccccc3c2cc1C(C)(C)C.Cc1cc2ccccc2cc1C(C)(C)C. The quantitative estimate of drug-likeness (QED) is 0.133. The highest BCUT2D eigenvalue weighted by Gasteiger charge is 2.24. The molecule has 0 aliphatic carbocycles. The second-order valence-electron chi connectivity index (χ2n) is 36.0. The van der Waals surface area contributed by atoms with Crippen LogP contribution in [0.4, 0.5) is 0 Å². The Balaban J connectivity index is 0.000000127. The first-order valence-electron chi connectivity index (χ1n) is 38.6. The number of benzene rings is 16. The molecule has 0 saturated heterocycles. The Kier molecular flexibility index (Phi) is 22.2. The van der Waals surface area contributed by atoms with Gasteiger partial charge in [-0.2, -0.15) is 0 Å². The van der Waals surface area contributed by atoms with Crippen LogP contribution >= 0.6 is 0 Å². The summed E-state index contributed by atoms with van der Waals surface area (Å²) in [6, 6.07) is 96.9. The molecule has 0 aliphatic rings.